The molecule has 3 rings (SSSR count). The molecular formula is C20H21NO3. The topological polar surface area (TPSA) is 46.6 Å². The Morgan fingerprint density at radius 3 is 2.71 bits per heavy atom. The Labute approximate surface area is 142 Å². The lowest BCUT2D eigenvalue weighted by molar-refractivity contribution is -0.131. The van der Waals surface area contributed by atoms with Crippen molar-refractivity contribution >= 4 is 11.9 Å². The lowest BCUT2D eigenvalue weighted by Gasteiger charge is -2.29. The van der Waals surface area contributed by atoms with Crippen molar-refractivity contribution in [1.82, 2.24) is 4.90 Å². The van der Waals surface area contributed by atoms with Crippen molar-refractivity contribution in [2.45, 2.75) is 26.3 Å². The zero-order chi connectivity index (χ0) is 17.1. The number of nitrogens with zero attached hydrogens (tertiary/aromatic N) is 1. The molecule has 1 heterocycles. The van der Waals surface area contributed by atoms with E-state index in [4.69, 9.17) is 4.74 Å². The van der Waals surface area contributed by atoms with Gasteiger partial charge in [-0.1, -0.05) is 35.9 Å². The van der Waals surface area contributed by atoms with Gasteiger partial charge in [-0.05, 0) is 42.2 Å². The van der Waals surface area contributed by atoms with Crippen LogP contribution in [0, 0.1) is 6.92 Å². The van der Waals surface area contributed by atoms with Crippen LogP contribution in [-0.2, 0) is 28.9 Å². The fraction of sp³-hybridized carbons (Fsp3) is 0.300. The summed E-state index contributed by atoms with van der Waals surface area (Å²) in [6, 6.07) is 13.6. The van der Waals surface area contributed by atoms with Crippen LogP contribution in [0.2, 0.25) is 0 Å². The second-order valence-corrected chi connectivity index (χ2v) is 6.21. The molecule has 124 valence electrons. The maximum atomic E-state index is 12.6. The fourth-order valence-electron chi connectivity index (χ4n) is 3.12. The first-order valence-electron chi connectivity index (χ1n) is 8.10. The third-order valence-electron chi connectivity index (χ3n) is 4.43. The van der Waals surface area contributed by atoms with E-state index in [9.17, 15) is 9.59 Å². The predicted molar refractivity (Wildman–Crippen MR) is 91.8 cm³/mol. The van der Waals surface area contributed by atoms with Gasteiger partial charge in [0.15, 0.2) is 0 Å². The first-order valence-corrected chi connectivity index (χ1v) is 8.10. The maximum absolute atomic E-state index is 12.6. The van der Waals surface area contributed by atoms with E-state index in [1.807, 2.05) is 42.2 Å². The number of hydrogen-bond acceptors (Lipinski definition) is 3. The van der Waals surface area contributed by atoms with Crippen LogP contribution >= 0.6 is 0 Å². The van der Waals surface area contributed by atoms with Crippen LogP contribution < -0.4 is 0 Å². The minimum absolute atomic E-state index is 0.142. The number of rotatable bonds is 3. The van der Waals surface area contributed by atoms with E-state index in [0.717, 1.165) is 23.1 Å². The van der Waals surface area contributed by atoms with Gasteiger partial charge in [0.2, 0.25) is 5.91 Å². The number of hydrogen-bond donors (Lipinski definition) is 0. The summed E-state index contributed by atoms with van der Waals surface area (Å²) in [4.78, 5) is 26.1. The van der Waals surface area contributed by atoms with Crippen molar-refractivity contribution in [2.24, 2.45) is 0 Å². The molecule has 2 aromatic carbocycles. The van der Waals surface area contributed by atoms with Crippen LogP contribution in [0.1, 0.15) is 32.6 Å². The number of amides is 1. The summed E-state index contributed by atoms with van der Waals surface area (Å²) >= 11 is 0. The van der Waals surface area contributed by atoms with E-state index in [1.165, 1.54) is 12.7 Å². The average Bonchev–Trinajstić information content (AvgIpc) is 2.60. The SMILES string of the molecule is COC(=O)c1ccc2c(c1)CCN(C(=O)Cc1cccc(C)c1)C2. The number of carbonyl (C=O) groups is 2. The minimum Gasteiger partial charge on any atom is -0.465 e. The largest absolute Gasteiger partial charge is 0.465 e. The van der Waals surface area contributed by atoms with Crippen LogP contribution in [-0.4, -0.2) is 30.4 Å². The van der Waals surface area contributed by atoms with Gasteiger partial charge in [0.1, 0.15) is 0 Å². The predicted octanol–water partition coefficient (Wildman–Crippen LogP) is 2.91. The standard InChI is InChI=1S/C20H21NO3/c1-14-4-3-5-15(10-14)11-19(22)21-9-8-16-12-17(20(23)24-2)6-7-18(16)13-21/h3-7,10,12H,8-9,11,13H2,1-2H3. The highest BCUT2D eigenvalue weighted by molar-refractivity contribution is 5.89. The van der Waals surface area contributed by atoms with Crippen LogP contribution in [0.3, 0.4) is 0 Å². The van der Waals surface area contributed by atoms with Gasteiger partial charge in [-0.2, -0.15) is 0 Å². The van der Waals surface area contributed by atoms with Crippen molar-refractivity contribution in [3.63, 3.8) is 0 Å². The van der Waals surface area contributed by atoms with Crippen LogP contribution in [0.25, 0.3) is 0 Å². The molecule has 0 saturated carbocycles. The quantitative estimate of drug-likeness (QED) is 0.816. The van der Waals surface area contributed by atoms with Crippen molar-refractivity contribution in [3.8, 4) is 0 Å². The molecule has 1 amide bonds. The molecule has 0 unspecified atom stereocenters. The van der Waals surface area contributed by atoms with Crippen molar-refractivity contribution < 1.29 is 14.3 Å². The summed E-state index contributed by atoms with van der Waals surface area (Å²) in [5, 5.41) is 0. The van der Waals surface area contributed by atoms with E-state index >= 15 is 0 Å². The average molecular weight is 323 g/mol. The van der Waals surface area contributed by atoms with E-state index in [2.05, 4.69) is 6.07 Å². The molecule has 0 spiro atoms. The van der Waals surface area contributed by atoms with Gasteiger partial charge in [0.25, 0.3) is 0 Å². The molecular weight excluding hydrogens is 302 g/mol. The Bertz CT molecular complexity index is 782. The summed E-state index contributed by atoms with van der Waals surface area (Å²) < 4.78 is 4.76. The Balaban J connectivity index is 1.70. The summed E-state index contributed by atoms with van der Waals surface area (Å²) in [6.45, 7) is 3.31. The molecule has 0 aromatic heterocycles. The van der Waals surface area contributed by atoms with Crippen LogP contribution in [0.4, 0.5) is 0 Å². The summed E-state index contributed by atoms with van der Waals surface area (Å²) in [5.74, 6) is -0.181. The van der Waals surface area contributed by atoms with E-state index in [0.29, 0.717) is 25.1 Å². The Morgan fingerprint density at radius 1 is 1.12 bits per heavy atom. The van der Waals surface area contributed by atoms with Gasteiger partial charge in [0, 0.05) is 13.1 Å². The van der Waals surface area contributed by atoms with Gasteiger partial charge in [-0.3, -0.25) is 4.79 Å². The summed E-state index contributed by atoms with van der Waals surface area (Å²) in [6.07, 6.45) is 1.19. The number of aryl methyl sites for hydroxylation is 1. The number of esters is 1. The molecule has 4 nitrogen and oxygen atoms in total. The smallest absolute Gasteiger partial charge is 0.337 e. The van der Waals surface area contributed by atoms with Crippen molar-refractivity contribution in [2.75, 3.05) is 13.7 Å². The van der Waals surface area contributed by atoms with Gasteiger partial charge in [0.05, 0.1) is 19.1 Å². The monoisotopic (exact) mass is 323 g/mol. The van der Waals surface area contributed by atoms with Gasteiger partial charge >= 0.3 is 5.97 Å². The van der Waals surface area contributed by atoms with Crippen LogP contribution in [0.5, 0.6) is 0 Å². The number of fused-ring (bicyclic) bond motifs is 1. The molecule has 1 aliphatic rings. The second-order valence-electron chi connectivity index (χ2n) is 6.21. The molecule has 0 aliphatic carbocycles. The van der Waals surface area contributed by atoms with Crippen LogP contribution in [0.15, 0.2) is 42.5 Å². The highest BCUT2D eigenvalue weighted by Gasteiger charge is 2.21. The Morgan fingerprint density at radius 2 is 1.96 bits per heavy atom. The first kappa shape index (κ1) is 16.2. The highest BCUT2D eigenvalue weighted by atomic mass is 16.5. The molecule has 0 N–H and O–H groups in total. The summed E-state index contributed by atoms with van der Waals surface area (Å²) in [5.41, 5.74) is 5.01. The van der Waals surface area contributed by atoms with Crippen molar-refractivity contribution in [1.29, 1.82) is 0 Å². The van der Waals surface area contributed by atoms with E-state index in [1.54, 1.807) is 6.07 Å². The summed E-state index contributed by atoms with van der Waals surface area (Å²) in [7, 11) is 1.38. The normalized spacial score (nSPS) is 13.3. The van der Waals surface area contributed by atoms with Gasteiger partial charge < -0.3 is 9.64 Å². The molecule has 1 aliphatic heterocycles. The lowest BCUT2D eigenvalue weighted by atomic mass is 9.96. The second kappa shape index (κ2) is 6.87. The molecule has 0 atom stereocenters. The maximum Gasteiger partial charge on any atom is 0.337 e. The molecule has 2 aromatic rings. The zero-order valence-corrected chi connectivity index (χ0v) is 14.0. The number of methoxy groups -OCH3 is 1. The first-order chi connectivity index (χ1) is 11.6. The molecule has 0 bridgehead atoms. The molecule has 0 fully saturated rings. The molecule has 0 radical (unpaired) electrons. The Hall–Kier alpha value is -2.62. The van der Waals surface area contributed by atoms with Gasteiger partial charge in [-0.25, -0.2) is 4.79 Å². The van der Waals surface area contributed by atoms with Gasteiger partial charge in [-0.15, -0.1) is 0 Å². The fourth-order valence-corrected chi connectivity index (χ4v) is 3.12. The number of ether oxygens (including phenoxy) is 1. The highest BCUT2D eigenvalue weighted by Crippen LogP contribution is 2.21. The minimum atomic E-state index is -0.323. The third kappa shape index (κ3) is 3.48. The number of carbonyl (C=O) groups excluding carboxylic acids is 2. The Kier molecular flexibility index (Phi) is 4.65. The lowest BCUT2D eigenvalue weighted by Crippen LogP contribution is -2.37. The third-order valence-corrected chi connectivity index (χ3v) is 4.43. The van der Waals surface area contributed by atoms with E-state index < -0.39 is 0 Å². The number of benzene rings is 2. The molecule has 0 saturated heterocycles. The van der Waals surface area contributed by atoms with Crippen molar-refractivity contribution in [3.05, 3.63) is 70.3 Å². The zero-order valence-electron chi connectivity index (χ0n) is 14.0. The molecule has 4 heteroatoms. The van der Waals surface area contributed by atoms with E-state index in [-0.39, 0.29) is 11.9 Å². The molecule has 24 heavy (non-hydrogen) atoms.